The number of aromatic hydroxyl groups is 1. The Labute approximate surface area is 222 Å². The predicted octanol–water partition coefficient (Wildman–Crippen LogP) is 6.49. The number of hydrogen-bond acceptors (Lipinski definition) is 6. The number of hydrogen-bond donors (Lipinski definition) is 3. The number of rotatable bonds is 10. The molecule has 3 N–H and O–H groups in total. The third kappa shape index (κ3) is 5.57. The van der Waals surface area contributed by atoms with Crippen LogP contribution in [0.4, 0.5) is 11.4 Å². The van der Waals surface area contributed by atoms with Gasteiger partial charge in [-0.1, -0.05) is 61.2 Å². The SMILES string of the molecule is C=CC(=O)Nc1cc(-c2ccccc2)c(-c2ccccc2CNc2cc(OC)c(OC)c(OC)c2)cc1O. The summed E-state index contributed by atoms with van der Waals surface area (Å²) in [6.45, 7) is 3.98. The van der Waals surface area contributed by atoms with Gasteiger partial charge in [-0.2, -0.15) is 0 Å². The molecule has 0 fully saturated rings. The molecule has 0 aliphatic carbocycles. The first-order chi connectivity index (χ1) is 18.5. The van der Waals surface area contributed by atoms with Crippen LogP contribution in [0.1, 0.15) is 5.56 Å². The minimum Gasteiger partial charge on any atom is -0.506 e. The highest BCUT2D eigenvalue weighted by molar-refractivity contribution is 6.01. The Morgan fingerprint density at radius 3 is 2.13 bits per heavy atom. The monoisotopic (exact) mass is 510 g/mol. The Bertz CT molecular complexity index is 1430. The van der Waals surface area contributed by atoms with Gasteiger partial charge in [0, 0.05) is 24.4 Å². The summed E-state index contributed by atoms with van der Waals surface area (Å²) in [6, 6.07) is 25.0. The zero-order valence-electron chi connectivity index (χ0n) is 21.6. The standard InChI is InChI=1S/C31H30N2O5/c1-5-30(35)33-26-17-24(20-11-7-6-8-12-20)25(18-27(26)34)23-14-10-9-13-21(23)19-32-22-15-28(36-2)31(38-4)29(16-22)37-3/h5-18,32,34H,1,19H2,2-4H3,(H,33,35). The van der Waals surface area contributed by atoms with E-state index in [1.54, 1.807) is 33.5 Å². The van der Waals surface area contributed by atoms with E-state index in [-0.39, 0.29) is 5.75 Å². The van der Waals surface area contributed by atoms with E-state index >= 15 is 0 Å². The molecule has 0 atom stereocenters. The molecule has 0 spiro atoms. The Morgan fingerprint density at radius 1 is 0.842 bits per heavy atom. The number of phenols is 1. The molecule has 7 nitrogen and oxygen atoms in total. The normalized spacial score (nSPS) is 10.4. The molecule has 7 heteroatoms. The molecule has 0 bridgehead atoms. The van der Waals surface area contributed by atoms with Crippen LogP contribution in [0.15, 0.2) is 91.5 Å². The van der Waals surface area contributed by atoms with Crippen molar-refractivity contribution >= 4 is 17.3 Å². The van der Waals surface area contributed by atoms with E-state index in [0.29, 0.717) is 29.5 Å². The lowest BCUT2D eigenvalue weighted by Gasteiger charge is -2.19. The summed E-state index contributed by atoms with van der Waals surface area (Å²) in [7, 11) is 4.72. The second kappa shape index (κ2) is 11.9. The highest BCUT2D eigenvalue weighted by Crippen LogP contribution is 2.42. The summed E-state index contributed by atoms with van der Waals surface area (Å²) >= 11 is 0. The molecule has 38 heavy (non-hydrogen) atoms. The molecule has 0 heterocycles. The summed E-state index contributed by atoms with van der Waals surface area (Å²) in [6.07, 6.45) is 1.17. The summed E-state index contributed by atoms with van der Waals surface area (Å²) in [4.78, 5) is 12.0. The number of carbonyl (C=O) groups excluding carboxylic acids is 1. The van der Waals surface area contributed by atoms with E-state index in [9.17, 15) is 9.90 Å². The van der Waals surface area contributed by atoms with Crippen LogP contribution in [-0.4, -0.2) is 32.3 Å². The van der Waals surface area contributed by atoms with Crippen LogP contribution in [0, 0.1) is 0 Å². The Morgan fingerprint density at radius 2 is 1.50 bits per heavy atom. The average Bonchev–Trinajstić information content (AvgIpc) is 2.96. The molecule has 0 aliphatic heterocycles. The van der Waals surface area contributed by atoms with E-state index < -0.39 is 5.91 Å². The first-order valence-corrected chi connectivity index (χ1v) is 12.0. The van der Waals surface area contributed by atoms with Gasteiger partial charge in [0.1, 0.15) is 5.75 Å². The minimum absolute atomic E-state index is 0.0396. The number of phenolic OH excluding ortho intramolecular Hbond substituents is 1. The molecule has 0 saturated heterocycles. The number of methoxy groups -OCH3 is 3. The third-order valence-electron chi connectivity index (χ3n) is 6.12. The van der Waals surface area contributed by atoms with Crippen molar-refractivity contribution in [1.82, 2.24) is 0 Å². The number of benzene rings is 4. The summed E-state index contributed by atoms with van der Waals surface area (Å²) in [5.74, 6) is 1.18. The summed E-state index contributed by atoms with van der Waals surface area (Å²) in [5, 5.41) is 17.0. The Kier molecular flexibility index (Phi) is 8.18. The number of anilines is 2. The van der Waals surface area contributed by atoms with E-state index in [2.05, 4.69) is 17.2 Å². The maximum absolute atomic E-state index is 12.0. The highest BCUT2D eigenvalue weighted by Gasteiger charge is 2.17. The molecule has 0 saturated carbocycles. The lowest BCUT2D eigenvalue weighted by molar-refractivity contribution is -0.111. The second-order valence-electron chi connectivity index (χ2n) is 8.40. The van der Waals surface area contributed by atoms with E-state index in [1.807, 2.05) is 66.7 Å². The molecule has 1 amide bonds. The van der Waals surface area contributed by atoms with Crippen molar-refractivity contribution in [3.05, 3.63) is 97.1 Å². The first-order valence-electron chi connectivity index (χ1n) is 12.0. The Balaban J connectivity index is 1.76. The van der Waals surface area contributed by atoms with Gasteiger partial charge in [0.05, 0.1) is 27.0 Å². The number of amides is 1. The Hall–Kier alpha value is -4.91. The zero-order chi connectivity index (χ0) is 27.1. The van der Waals surface area contributed by atoms with E-state index in [4.69, 9.17) is 14.2 Å². The molecule has 4 aromatic rings. The lowest BCUT2D eigenvalue weighted by atomic mass is 9.91. The van der Waals surface area contributed by atoms with Crippen molar-refractivity contribution in [3.63, 3.8) is 0 Å². The molecule has 0 aromatic heterocycles. The fraction of sp³-hybridized carbons (Fsp3) is 0.129. The molecular weight excluding hydrogens is 480 g/mol. The molecule has 4 aromatic carbocycles. The van der Waals surface area contributed by atoms with Gasteiger partial charge in [0.2, 0.25) is 11.7 Å². The fourth-order valence-corrected chi connectivity index (χ4v) is 4.27. The maximum Gasteiger partial charge on any atom is 0.247 e. The van der Waals surface area contributed by atoms with Crippen LogP contribution in [-0.2, 0) is 11.3 Å². The molecule has 4 rings (SSSR count). The predicted molar refractivity (Wildman–Crippen MR) is 151 cm³/mol. The topological polar surface area (TPSA) is 89.1 Å². The van der Waals surface area contributed by atoms with E-state index in [1.165, 1.54) is 6.08 Å². The van der Waals surface area contributed by atoms with Crippen molar-refractivity contribution in [3.8, 4) is 45.3 Å². The van der Waals surface area contributed by atoms with Gasteiger partial charge in [-0.15, -0.1) is 0 Å². The van der Waals surface area contributed by atoms with Gasteiger partial charge < -0.3 is 30.0 Å². The van der Waals surface area contributed by atoms with Crippen LogP contribution in [0.25, 0.3) is 22.3 Å². The van der Waals surface area contributed by atoms with Gasteiger partial charge in [0.15, 0.2) is 11.5 Å². The zero-order valence-corrected chi connectivity index (χ0v) is 21.6. The summed E-state index contributed by atoms with van der Waals surface area (Å²) in [5.41, 5.74) is 5.68. The van der Waals surface area contributed by atoms with Crippen LogP contribution in [0.3, 0.4) is 0 Å². The van der Waals surface area contributed by atoms with Crippen molar-refractivity contribution in [2.75, 3.05) is 32.0 Å². The highest BCUT2D eigenvalue weighted by atomic mass is 16.5. The minimum atomic E-state index is -0.401. The maximum atomic E-state index is 12.0. The quantitative estimate of drug-likeness (QED) is 0.167. The van der Waals surface area contributed by atoms with Crippen molar-refractivity contribution in [2.45, 2.75) is 6.54 Å². The smallest absolute Gasteiger partial charge is 0.247 e. The summed E-state index contributed by atoms with van der Waals surface area (Å²) < 4.78 is 16.4. The van der Waals surface area contributed by atoms with Gasteiger partial charge in [0.25, 0.3) is 0 Å². The number of nitrogens with one attached hydrogen (secondary N) is 2. The average molecular weight is 511 g/mol. The first kappa shape index (κ1) is 26.2. The second-order valence-corrected chi connectivity index (χ2v) is 8.40. The van der Waals surface area contributed by atoms with Crippen LogP contribution >= 0.6 is 0 Å². The number of carbonyl (C=O) groups is 1. The van der Waals surface area contributed by atoms with Crippen molar-refractivity contribution in [1.29, 1.82) is 0 Å². The van der Waals surface area contributed by atoms with Crippen LogP contribution in [0.5, 0.6) is 23.0 Å². The van der Waals surface area contributed by atoms with Crippen LogP contribution in [0.2, 0.25) is 0 Å². The van der Waals surface area contributed by atoms with E-state index in [0.717, 1.165) is 33.5 Å². The molecule has 0 unspecified atom stereocenters. The number of ether oxygens (including phenoxy) is 3. The molecule has 194 valence electrons. The lowest BCUT2D eigenvalue weighted by Crippen LogP contribution is -2.08. The van der Waals surface area contributed by atoms with Gasteiger partial charge in [-0.3, -0.25) is 4.79 Å². The van der Waals surface area contributed by atoms with Crippen molar-refractivity contribution < 1.29 is 24.1 Å². The van der Waals surface area contributed by atoms with Crippen LogP contribution < -0.4 is 24.8 Å². The third-order valence-corrected chi connectivity index (χ3v) is 6.12. The largest absolute Gasteiger partial charge is 0.506 e. The molecule has 0 aliphatic rings. The van der Waals surface area contributed by atoms with Gasteiger partial charge in [-0.25, -0.2) is 0 Å². The van der Waals surface area contributed by atoms with Gasteiger partial charge >= 0.3 is 0 Å². The van der Waals surface area contributed by atoms with Gasteiger partial charge in [-0.05, 0) is 46.0 Å². The fourth-order valence-electron chi connectivity index (χ4n) is 4.27. The molecule has 0 radical (unpaired) electrons. The van der Waals surface area contributed by atoms with Crippen molar-refractivity contribution in [2.24, 2.45) is 0 Å². The molecular formula is C31H30N2O5.